The van der Waals surface area contributed by atoms with Crippen LogP contribution in [-0.2, 0) is 28.8 Å². The number of unbranched alkanes of at least 4 members (excludes halogenated alkanes) is 1. The number of aliphatic carboxylic acids is 2. The van der Waals surface area contributed by atoms with Gasteiger partial charge in [-0.05, 0) is 25.8 Å². The quantitative estimate of drug-likeness (QED) is 0.108. The Morgan fingerprint density at radius 1 is 0.871 bits per heavy atom. The highest BCUT2D eigenvalue weighted by Gasteiger charge is 2.28. The maximum atomic E-state index is 12.3. The molecule has 4 amide bonds. The zero-order valence-corrected chi connectivity index (χ0v) is 17.0. The second-order valence-corrected chi connectivity index (χ2v) is 6.73. The van der Waals surface area contributed by atoms with Gasteiger partial charge in [0, 0.05) is 6.42 Å². The van der Waals surface area contributed by atoms with Gasteiger partial charge in [0.25, 0.3) is 0 Å². The summed E-state index contributed by atoms with van der Waals surface area (Å²) in [6.07, 6.45) is 0.224. The fraction of sp³-hybridized carbons (Fsp3) is 0.647. The van der Waals surface area contributed by atoms with E-state index in [1.807, 2.05) is 5.32 Å². The lowest BCUT2D eigenvalue weighted by atomic mass is 10.1. The average Bonchev–Trinajstić information content (AvgIpc) is 2.67. The molecule has 0 saturated carbocycles. The number of carboxylic acid groups (broad SMARTS) is 2. The number of nitrogens with two attached hydrogens (primary N) is 3. The van der Waals surface area contributed by atoms with Crippen molar-refractivity contribution in [2.75, 3.05) is 13.1 Å². The maximum absolute atomic E-state index is 12.3. The zero-order valence-electron chi connectivity index (χ0n) is 17.0. The summed E-state index contributed by atoms with van der Waals surface area (Å²) in [4.78, 5) is 69.2. The lowest BCUT2D eigenvalue weighted by Crippen LogP contribution is -2.54. The summed E-state index contributed by atoms with van der Waals surface area (Å²) < 4.78 is 0. The first kappa shape index (κ1) is 27.7. The molecule has 3 unspecified atom stereocenters. The number of nitrogens with one attached hydrogen (secondary N) is 3. The molecule has 0 fully saturated rings. The van der Waals surface area contributed by atoms with Gasteiger partial charge in [-0.2, -0.15) is 0 Å². The largest absolute Gasteiger partial charge is 0.481 e. The molecule has 0 aromatic rings. The predicted octanol–water partition coefficient (Wildman–Crippen LogP) is -3.65. The third kappa shape index (κ3) is 12.8. The Morgan fingerprint density at radius 2 is 1.52 bits per heavy atom. The highest BCUT2D eigenvalue weighted by Crippen LogP contribution is 2.01. The van der Waals surface area contributed by atoms with Crippen LogP contribution < -0.4 is 33.2 Å². The SMILES string of the molecule is NCCCCC(N)C(=O)NCC(=O)NC(CCC(N)=O)C(=O)NC(CC(=O)O)C(=O)O. The van der Waals surface area contributed by atoms with Gasteiger partial charge in [0.2, 0.25) is 23.6 Å². The van der Waals surface area contributed by atoms with Crippen LogP contribution in [0.25, 0.3) is 0 Å². The fourth-order valence-electron chi connectivity index (χ4n) is 2.39. The molecule has 0 radical (unpaired) electrons. The van der Waals surface area contributed by atoms with Crippen molar-refractivity contribution in [2.24, 2.45) is 17.2 Å². The molecule has 0 aliphatic carbocycles. The van der Waals surface area contributed by atoms with Crippen LogP contribution in [0, 0.1) is 0 Å². The summed E-state index contributed by atoms with van der Waals surface area (Å²) in [7, 11) is 0. The standard InChI is InChI=1S/C17H30N6O8/c18-6-2-1-3-9(19)15(28)21-8-13(25)22-10(4-5-12(20)24)16(29)23-11(17(30)31)7-14(26)27/h9-11H,1-8,18-19H2,(H2,20,24)(H,21,28)(H,22,25)(H,23,29)(H,26,27)(H,30,31). The van der Waals surface area contributed by atoms with Crippen molar-refractivity contribution in [1.82, 2.24) is 16.0 Å². The molecular weight excluding hydrogens is 416 g/mol. The Hall–Kier alpha value is -3.26. The number of carboxylic acids is 2. The minimum Gasteiger partial charge on any atom is -0.481 e. The molecule has 0 aliphatic heterocycles. The number of amides is 4. The van der Waals surface area contributed by atoms with Crippen LogP contribution in [0.2, 0.25) is 0 Å². The fourth-order valence-corrected chi connectivity index (χ4v) is 2.39. The van der Waals surface area contributed by atoms with Crippen LogP contribution in [-0.4, -0.2) is 77.0 Å². The van der Waals surface area contributed by atoms with Crippen LogP contribution in [0.5, 0.6) is 0 Å². The van der Waals surface area contributed by atoms with Gasteiger partial charge in [0.1, 0.15) is 12.1 Å². The first-order valence-corrected chi connectivity index (χ1v) is 9.53. The molecule has 0 saturated heterocycles. The van der Waals surface area contributed by atoms with Gasteiger partial charge < -0.3 is 43.4 Å². The Labute approximate surface area is 178 Å². The normalized spacial score (nSPS) is 13.4. The lowest BCUT2D eigenvalue weighted by molar-refractivity contribution is -0.147. The van der Waals surface area contributed by atoms with Gasteiger partial charge in [-0.3, -0.25) is 24.0 Å². The van der Waals surface area contributed by atoms with Crippen molar-refractivity contribution >= 4 is 35.6 Å². The zero-order chi connectivity index (χ0) is 24.0. The smallest absolute Gasteiger partial charge is 0.326 e. The van der Waals surface area contributed by atoms with E-state index in [9.17, 15) is 28.8 Å². The van der Waals surface area contributed by atoms with Gasteiger partial charge in [0.15, 0.2) is 0 Å². The monoisotopic (exact) mass is 446 g/mol. The van der Waals surface area contributed by atoms with E-state index in [1.54, 1.807) is 0 Å². The number of hydrogen-bond acceptors (Lipinski definition) is 8. The Bertz CT molecular complexity index is 671. The summed E-state index contributed by atoms with van der Waals surface area (Å²) in [6.45, 7) is -0.0675. The molecule has 0 bridgehead atoms. The van der Waals surface area contributed by atoms with Crippen LogP contribution in [0.1, 0.15) is 38.5 Å². The van der Waals surface area contributed by atoms with Gasteiger partial charge in [0.05, 0.1) is 19.0 Å². The second-order valence-electron chi connectivity index (χ2n) is 6.73. The van der Waals surface area contributed by atoms with E-state index < -0.39 is 66.7 Å². The third-order valence-corrected chi connectivity index (χ3v) is 4.05. The summed E-state index contributed by atoms with van der Waals surface area (Å²) in [5, 5.41) is 24.3. The molecular formula is C17H30N6O8. The Morgan fingerprint density at radius 3 is 2.03 bits per heavy atom. The van der Waals surface area contributed by atoms with Crippen molar-refractivity contribution in [3.63, 3.8) is 0 Å². The van der Waals surface area contributed by atoms with Gasteiger partial charge >= 0.3 is 11.9 Å². The van der Waals surface area contributed by atoms with Crippen molar-refractivity contribution in [1.29, 1.82) is 0 Å². The van der Waals surface area contributed by atoms with E-state index in [-0.39, 0.29) is 12.8 Å². The molecule has 3 atom stereocenters. The van der Waals surface area contributed by atoms with E-state index in [2.05, 4.69) is 10.6 Å². The van der Waals surface area contributed by atoms with Crippen LogP contribution in [0.15, 0.2) is 0 Å². The van der Waals surface area contributed by atoms with Crippen molar-refractivity contribution in [3.05, 3.63) is 0 Å². The number of primary amides is 1. The van der Waals surface area contributed by atoms with E-state index in [1.165, 1.54) is 0 Å². The summed E-state index contributed by atoms with van der Waals surface area (Å²) in [5.41, 5.74) is 16.1. The number of hydrogen-bond donors (Lipinski definition) is 8. The molecule has 0 aliphatic rings. The molecule has 176 valence electrons. The van der Waals surface area contributed by atoms with Crippen molar-refractivity contribution in [3.8, 4) is 0 Å². The number of rotatable bonds is 16. The average molecular weight is 446 g/mol. The second kappa shape index (κ2) is 14.7. The molecule has 0 aromatic carbocycles. The Balaban J connectivity index is 4.90. The predicted molar refractivity (Wildman–Crippen MR) is 106 cm³/mol. The van der Waals surface area contributed by atoms with Gasteiger partial charge in [-0.1, -0.05) is 6.42 Å². The number of carbonyl (C=O) groups excluding carboxylic acids is 4. The van der Waals surface area contributed by atoms with Crippen LogP contribution in [0.3, 0.4) is 0 Å². The summed E-state index contributed by atoms with van der Waals surface area (Å²) in [5.74, 6) is -6.24. The molecule has 0 rings (SSSR count). The minimum atomic E-state index is -1.75. The lowest BCUT2D eigenvalue weighted by Gasteiger charge is -2.21. The van der Waals surface area contributed by atoms with Gasteiger partial charge in [-0.15, -0.1) is 0 Å². The van der Waals surface area contributed by atoms with Gasteiger partial charge in [-0.25, -0.2) is 4.79 Å². The molecule has 0 spiro atoms. The van der Waals surface area contributed by atoms with E-state index in [0.717, 1.165) is 0 Å². The summed E-state index contributed by atoms with van der Waals surface area (Å²) >= 11 is 0. The molecule has 14 heteroatoms. The van der Waals surface area contributed by atoms with Crippen LogP contribution in [0.4, 0.5) is 0 Å². The maximum Gasteiger partial charge on any atom is 0.326 e. The van der Waals surface area contributed by atoms with E-state index >= 15 is 0 Å². The Kier molecular flexibility index (Phi) is 13.1. The van der Waals surface area contributed by atoms with E-state index in [4.69, 9.17) is 27.4 Å². The molecule has 0 aromatic heterocycles. The highest BCUT2D eigenvalue weighted by molar-refractivity contribution is 5.93. The van der Waals surface area contributed by atoms with Crippen LogP contribution >= 0.6 is 0 Å². The topological polar surface area (TPSA) is 257 Å². The molecule has 11 N–H and O–H groups in total. The van der Waals surface area contributed by atoms with E-state index in [0.29, 0.717) is 25.8 Å². The summed E-state index contributed by atoms with van der Waals surface area (Å²) in [6, 6.07) is -3.98. The minimum absolute atomic E-state index is 0.265. The molecule has 0 heterocycles. The van der Waals surface area contributed by atoms with Crippen molar-refractivity contribution < 1.29 is 39.0 Å². The third-order valence-electron chi connectivity index (χ3n) is 4.05. The molecule has 14 nitrogen and oxygen atoms in total. The first-order valence-electron chi connectivity index (χ1n) is 9.53. The number of carbonyl (C=O) groups is 6. The van der Waals surface area contributed by atoms with Crippen molar-refractivity contribution in [2.45, 2.75) is 56.7 Å². The first-order chi connectivity index (χ1) is 14.5. The molecule has 31 heavy (non-hydrogen) atoms. The highest BCUT2D eigenvalue weighted by atomic mass is 16.4.